The van der Waals surface area contributed by atoms with Crippen LogP contribution in [0, 0.1) is 5.82 Å². The Morgan fingerprint density at radius 2 is 1.71 bits per heavy atom. The first-order valence-corrected chi connectivity index (χ1v) is 7.63. The van der Waals surface area contributed by atoms with Crippen LogP contribution in [0.4, 0.5) is 10.1 Å². The Labute approximate surface area is 131 Å². The monoisotopic (exact) mass is 343 g/mol. The highest BCUT2D eigenvalue weighted by Gasteiger charge is 2.11. The van der Waals surface area contributed by atoms with Gasteiger partial charge in [0.25, 0.3) is 0 Å². The summed E-state index contributed by atoms with van der Waals surface area (Å²) in [6, 6.07) is 19.3. The lowest BCUT2D eigenvalue weighted by molar-refractivity contribution is 0.600. The average molecular weight is 344 g/mol. The Morgan fingerprint density at radius 1 is 0.952 bits per heavy atom. The number of halogens is 2. The standard InChI is InChI=1S/C18H15BrFN/c1-12(17-11-15(19)7-9-18(17)20)21-16-8-6-13-4-2-3-5-14(13)10-16/h2-12,21H,1H3. The number of hydrogen-bond donors (Lipinski definition) is 1. The van der Waals surface area contributed by atoms with Crippen molar-refractivity contribution in [2.45, 2.75) is 13.0 Å². The molecule has 0 aliphatic heterocycles. The summed E-state index contributed by atoms with van der Waals surface area (Å²) in [6.45, 7) is 1.96. The zero-order valence-electron chi connectivity index (χ0n) is 11.6. The fraction of sp³-hybridized carbons (Fsp3) is 0.111. The number of anilines is 1. The first-order chi connectivity index (χ1) is 10.1. The molecule has 0 radical (unpaired) electrons. The zero-order chi connectivity index (χ0) is 14.8. The number of fused-ring (bicyclic) bond motifs is 1. The summed E-state index contributed by atoms with van der Waals surface area (Å²) in [5, 5.41) is 5.73. The summed E-state index contributed by atoms with van der Waals surface area (Å²) in [7, 11) is 0. The zero-order valence-corrected chi connectivity index (χ0v) is 13.2. The molecule has 0 heterocycles. The second-order valence-electron chi connectivity index (χ2n) is 5.09. The molecule has 1 unspecified atom stereocenters. The largest absolute Gasteiger partial charge is 0.378 e. The first-order valence-electron chi connectivity index (χ1n) is 6.84. The summed E-state index contributed by atoms with van der Waals surface area (Å²) in [4.78, 5) is 0. The smallest absolute Gasteiger partial charge is 0.128 e. The molecule has 3 heteroatoms. The minimum atomic E-state index is -0.195. The third kappa shape index (κ3) is 3.08. The van der Waals surface area contributed by atoms with E-state index in [1.165, 1.54) is 16.8 Å². The quantitative estimate of drug-likeness (QED) is 0.622. The van der Waals surface area contributed by atoms with E-state index in [0.717, 1.165) is 10.2 Å². The lowest BCUT2D eigenvalue weighted by Crippen LogP contribution is -2.08. The van der Waals surface area contributed by atoms with Crippen molar-refractivity contribution in [3.8, 4) is 0 Å². The summed E-state index contributed by atoms with van der Waals surface area (Å²) in [5.41, 5.74) is 1.64. The molecule has 0 bridgehead atoms. The summed E-state index contributed by atoms with van der Waals surface area (Å²) in [6.07, 6.45) is 0. The number of hydrogen-bond acceptors (Lipinski definition) is 1. The molecule has 3 rings (SSSR count). The van der Waals surface area contributed by atoms with Gasteiger partial charge in [0.2, 0.25) is 0 Å². The van der Waals surface area contributed by atoms with Gasteiger partial charge >= 0.3 is 0 Å². The minimum Gasteiger partial charge on any atom is -0.378 e. The summed E-state index contributed by atoms with van der Waals surface area (Å²) < 4.78 is 14.8. The maximum atomic E-state index is 13.9. The third-order valence-electron chi connectivity index (χ3n) is 3.56. The van der Waals surface area contributed by atoms with Crippen LogP contribution >= 0.6 is 15.9 Å². The van der Waals surface area contributed by atoms with Crippen molar-refractivity contribution in [1.29, 1.82) is 0 Å². The van der Waals surface area contributed by atoms with Crippen molar-refractivity contribution in [2.24, 2.45) is 0 Å². The molecule has 21 heavy (non-hydrogen) atoms. The van der Waals surface area contributed by atoms with Crippen LogP contribution in [0.3, 0.4) is 0 Å². The van der Waals surface area contributed by atoms with Gasteiger partial charge in [-0.15, -0.1) is 0 Å². The summed E-state index contributed by atoms with van der Waals surface area (Å²) in [5.74, 6) is -0.195. The fourth-order valence-electron chi connectivity index (χ4n) is 2.45. The van der Waals surface area contributed by atoms with Crippen LogP contribution in [0.15, 0.2) is 65.1 Å². The Balaban J connectivity index is 1.88. The van der Waals surface area contributed by atoms with Crippen molar-refractivity contribution < 1.29 is 4.39 Å². The van der Waals surface area contributed by atoms with Gasteiger partial charge in [0, 0.05) is 15.7 Å². The van der Waals surface area contributed by atoms with Crippen LogP contribution in [0.25, 0.3) is 10.8 Å². The molecule has 0 fully saturated rings. The van der Waals surface area contributed by atoms with Gasteiger partial charge in [0.05, 0.1) is 6.04 Å². The topological polar surface area (TPSA) is 12.0 Å². The highest BCUT2D eigenvalue weighted by atomic mass is 79.9. The van der Waals surface area contributed by atoms with Crippen molar-refractivity contribution in [3.05, 3.63) is 76.5 Å². The SMILES string of the molecule is CC(Nc1ccc2ccccc2c1)c1cc(Br)ccc1F. The Kier molecular flexibility index (Phi) is 3.93. The van der Waals surface area contributed by atoms with Crippen LogP contribution in [0.5, 0.6) is 0 Å². The fourth-order valence-corrected chi connectivity index (χ4v) is 2.83. The molecule has 0 saturated heterocycles. The lowest BCUT2D eigenvalue weighted by atomic mass is 10.1. The van der Waals surface area contributed by atoms with E-state index in [4.69, 9.17) is 0 Å². The molecular weight excluding hydrogens is 329 g/mol. The van der Waals surface area contributed by atoms with Crippen LogP contribution in [0.1, 0.15) is 18.5 Å². The van der Waals surface area contributed by atoms with Crippen molar-refractivity contribution >= 4 is 32.4 Å². The van der Waals surface area contributed by atoms with E-state index in [9.17, 15) is 4.39 Å². The molecule has 106 valence electrons. The highest BCUT2D eigenvalue weighted by Crippen LogP contribution is 2.26. The minimum absolute atomic E-state index is 0.108. The number of nitrogens with one attached hydrogen (secondary N) is 1. The molecule has 0 aliphatic carbocycles. The van der Waals surface area contributed by atoms with E-state index in [-0.39, 0.29) is 11.9 Å². The Hall–Kier alpha value is -1.87. The van der Waals surface area contributed by atoms with Crippen molar-refractivity contribution in [3.63, 3.8) is 0 Å². The van der Waals surface area contributed by atoms with E-state index in [1.807, 2.05) is 31.2 Å². The van der Waals surface area contributed by atoms with Gasteiger partial charge < -0.3 is 5.32 Å². The van der Waals surface area contributed by atoms with Gasteiger partial charge in [-0.3, -0.25) is 0 Å². The second kappa shape index (κ2) is 5.86. The second-order valence-corrected chi connectivity index (χ2v) is 6.01. The van der Waals surface area contributed by atoms with E-state index in [0.29, 0.717) is 5.56 Å². The average Bonchev–Trinajstić information content (AvgIpc) is 2.49. The van der Waals surface area contributed by atoms with E-state index in [2.05, 4.69) is 45.5 Å². The normalized spacial score (nSPS) is 12.3. The predicted molar refractivity (Wildman–Crippen MR) is 90.1 cm³/mol. The van der Waals surface area contributed by atoms with Gasteiger partial charge in [-0.05, 0) is 48.0 Å². The number of benzene rings is 3. The maximum Gasteiger partial charge on any atom is 0.128 e. The van der Waals surface area contributed by atoms with Crippen LogP contribution in [0.2, 0.25) is 0 Å². The van der Waals surface area contributed by atoms with Crippen LogP contribution < -0.4 is 5.32 Å². The number of rotatable bonds is 3. The van der Waals surface area contributed by atoms with Gasteiger partial charge in [-0.25, -0.2) is 4.39 Å². The predicted octanol–water partition coefficient (Wildman–Crippen LogP) is 5.91. The van der Waals surface area contributed by atoms with E-state index >= 15 is 0 Å². The molecule has 0 aromatic heterocycles. The van der Waals surface area contributed by atoms with Crippen LogP contribution in [-0.4, -0.2) is 0 Å². The van der Waals surface area contributed by atoms with E-state index < -0.39 is 0 Å². The van der Waals surface area contributed by atoms with Gasteiger partial charge in [0.15, 0.2) is 0 Å². The molecule has 0 spiro atoms. The van der Waals surface area contributed by atoms with Gasteiger partial charge in [-0.1, -0.05) is 46.3 Å². The van der Waals surface area contributed by atoms with Gasteiger partial charge in [0.1, 0.15) is 5.82 Å². The molecule has 0 aliphatic rings. The third-order valence-corrected chi connectivity index (χ3v) is 4.05. The van der Waals surface area contributed by atoms with Crippen molar-refractivity contribution in [1.82, 2.24) is 0 Å². The molecular formula is C18H15BrFN. The molecule has 3 aromatic rings. The Bertz CT molecular complexity index is 785. The molecule has 1 nitrogen and oxygen atoms in total. The molecule has 1 atom stereocenters. The summed E-state index contributed by atoms with van der Waals surface area (Å²) >= 11 is 3.39. The molecule has 3 aromatic carbocycles. The Morgan fingerprint density at radius 3 is 2.52 bits per heavy atom. The molecule has 1 N–H and O–H groups in total. The maximum absolute atomic E-state index is 13.9. The first kappa shape index (κ1) is 14.1. The van der Waals surface area contributed by atoms with Gasteiger partial charge in [-0.2, -0.15) is 0 Å². The van der Waals surface area contributed by atoms with Crippen molar-refractivity contribution in [2.75, 3.05) is 5.32 Å². The van der Waals surface area contributed by atoms with Crippen LogP contribution in [-0.2, 0) is 0 Å². The molecule has 0 amide bonds. The highest BCUT2D eigenvalue weighted by molar-refractivity contribution is 9.10. The van der Waals surface area contributed by atoms with E-state index in [1.54, 1.807) is 6.07 Å². The lowest BCUT2D eigenvalue weighted by Gasteiger charge is -2.17. The molecule has 0 saturated carbocycles.